The summed E-state index contributed by atoms with van der Waals surface area (Å²) >= 11 is 0. The Morgan fingerprint density at radius 3 is 2.67 bits per heavy atom. The molecule has 0 aromatic carbocycles. The first-order valence-electron chi connectivity index (χ1n) is 7.63. The SMILES string of the molecule is CN=C(NCc1ccc(-n2ccnc2)nc1)NCc1ccccn1. The number of rotatable bonds is 5. The fourth-order valence-electron chi connectivity index (χ4n) is 2.15. The summed E-state index contributed by atoms with van der Waals surface area (Å²) in [6, 6.07) is 9.83. The van der Waals surface area contributed by atoms with Gasteiger partial charge in [-0.05, 0) is 23.8 Å². The molecule has 3 rings (SSSR count). The molecular formula is C17H19N7. The van der Waals surface area contributed by atoms with Gasteiger partial charge in [0.2, 0.25) is 0 Å². The second-order valence-electron chi connectivity index (χ2n) is 5.09. The van der Waals surface area contributed by atoms with Crippen LogP contribution in [-0.4, -0.2) is 32.5 Å². The van der Waals surface area contributed by atoms with Crippen LogP contribution in [0.25, 0.3) is 5.82 Å². The minimum atomic E-state index is 0.623. The van der Waals surface area contributed by atoms with E-state index in [9.17, 15) is 0 Å². The van der Waals surface area contributed by atoms with Gasteiger partial charge in [0.25, 0.3) is 0 Å². The average Bonchev–Trinajstić information content (AvgIpc) is 3.18. The number of nitrogens with zero attached hydrogens (tertiary/aromatic N) is 5. The van der Waals surface area contributed by atoms with E-state index in [4.69, 9.17) is 0 Å². The van der Waals surface area contributed by atoms with Gasteiger partial charge >= 0.3 is 0 Å². The van der Waals surface area contributed by atoms with Gasteiger partial charge < -0.3 is 10.6 Å². The van der Waals surface area contributed by atoms with E-state index in [1.165, 1.54) is 0 Å². The van der Waals surface area contributed by atoms with E-state index >= 15 is 0 Å². The zero-order valence-corrected chi connectivity index (χ0v) is 13.4. The maximum Gasteiger partial charge on any atom is 0.191 e. The summed E-state index contributed by atoms with van der Waals surface area (Å²) in [5, 5.41) is 6.50. The summed E-state index contributed by atoms with van der Waals surface area (Å²) in [6.07, 6.45) is 8.94. The summed E-state index contributed by atoms with van der Waals surface area (Å²) in [7, 11) is 1.74. The van der Waals surface area contributed by atoms with Crippen LogP contribution in [0.15, 0.2) is 66.4 Å². The first-order valence-corrected chi connectivity index (χ1v) is 7.63. The van der Waals surface area contributed by atoms with Gasteiger partial charge in [-0.1, -0.05) is 12.1 Å². The van der Waals surface area contributed by atoms with Gasteiger partial charge in [-0.15, -0.1) is 0 Å². The van der Waals surface area contributed by atoms with Crippen molar-refractivity contribution in [2.45, 2.75) is 13.1 Å². The lowest BCUT2D eigenvalue weighted by molar-refractivity contribution is 0.792. The van der Waals surface area contributed by atoms with E-state index in [1.54, 1.807) is 25.8 Å². The molecule has 0 radical (unpaired) electrons. The molecule has 0 bridgehead atoms. The summed E-state index contributed by atoms with van der Waals surface area (Å²) in [6.45, 7) is 1.26. The van der Waals surface area contributed by atoms with Crippen molar-refractivity contribution >= 4 is 5.96 Å². The van der Waals surface area contributed by atoms with E-state index in [-0.39, 0.29) is 0 Å². The molecule has 0 spiro atoms. The molecule has 7 heteroatoms. The van der Waals surface area contributed by atoms with Crippen LogP contribution >= 0.6 is 0 Å². The van der Waals surface area contributed by atoms with E-state index < -0.39 is 0 Å². The third-order valence-corrected chi connectivity index (χ3v) is 3.42. The highest BCUT2D eigenvalue weighted by Gasteiger charge is 2.01. The number of aliphatic imine (C=N–C) groups is 1. The predicted octanol–water partition coefficient (Wildman–Crippen LogP) is 1.53. The van der Waals surface area contributed by atoms with Crippen molar-refractivity contribution in [1.82, 2.24) is 30.2 Å². The van der Waals surface area contributed by atoms with Crippen LogP contribution in [0.2, 0.25) is 0 Å². The number of hydrogen-bond acceptors (Lipinski definition) is 4. The first kappa shape index (κ1) is 15.7. The molecule has 0 unspecified atom stereocenters. The van der Waals surface area contributed by atoms with Gasteiger partial charge in [0.05, 0.1) is 12.2 Å². The molecule has 122 valence electrons. The topological polar surface area (TPSA) is 80.0 Å². The van der Waals surface area contributed by atoms with Crippen LogP contribution in [0.1, 0.15) is 11.3 Å². The maximum atomic E-state index is 4.43. The van der Waals surface area contributed by atoms with Crippen molar-refractivity contribution < 1.29 is 0 Å². The lowest BCUT2D eigenvalue weighted by atomic mass is 10.3. The third kappa shape index (κ3) is 4.16. The average molecular weight is 321 g/mol. The molecule has 0 saturated heterocycles. The Bertz CT molecular complexity index is 764. The van der Waals surface area contributed by atoms with Crippen molar-refractivity contribution in [3.8, 4) is 5.82 Å². The van der Waals surface area contributed by atoms with Gasteiger partial charge in [0, 0.05) is 38.4 Å². The number of nitrogens with one attached hydrogen (secondary N) is 2. The van der Waals surface area contributed by atoms with Crippen LogP contribution in [0, 0.1) is 0 Å². The highest BCUT2D eigenvalue weighted by molar-refractivity contribution is 5.79. The van der Waals surface area contributed by atoms with E-state index in [0.29, 0.717) is 13.1 Å². The van der Waals surface area contributed by atoms with Crippen LogP contribution < -0.4 is 10.6 Å². The number of imidazole rings is 1. The van der Waals surface area contributed by atoms with E-state index in [1.807, 2.05) is 47.3 Å². The maximum absolute atomic E-state index is 4.43. The Kier molecular flexibility index (Phi) is 5.14. The van der Waals surface area contributed by atoms with Gasteiger partial charge in [0.15, 0.2) is 5.96 Å². The molecule has 0 aliphatic carbocycles. The molecule has 0 aliphatic rings. The number of guanidine groups is 1. The van der Waals surface area contributed by atoms with Crippen LogP contribution in [0.3, 0.4) is 0 Å². The molecule has 0 fully saturated rings. The molecule has 3 aromatic heterocycles. The number of pyridine rings is 2. The third-order valence-electron chi connectivity index (χ3n) is 3.42. The highest BCUT2D eigenvalue weighted by atomic mass is 15.2. The molecule has 0 atom stereocenters. The fourth-order valence-corrected chi connectivity index (χ4v) is 2.15. The second kappa shape index (κ2) is 7.87. The molecule has 2 N–H and O–H groups in total. The van der Waals surface area contributed by atoms with Crippen molar-refractivity contribution in [3.63, 3.8) is 0 Å². The summed E-state index contributed by atoms with van der Waals surface area (Å²) in [5.74, 6) is 1.56. The molecular weight excluding hydrogens is 302 g/mol. The molecule has 0 saturated carbocycles. The van der Waals surface area contributed by atoms with Crippen LogP contribution in [-0.2, 0) is 13.1 Å². The zero-order chi connectivity index (χ0) is 16.6. The molecule has 0 amide bonds. The summed E-state index contributed by atoms with van der Waals surface area (Å²) < 4.78 is 1.87. The summed E-state index contributed by atoms with van der Waals surface area (Å²) in [4.78, 5) is 16.9. The largest absolute Gasteiger partial charge is 0.352 e. The monoisotopic (exact) mass is 321 g/mol. The fraction of sp³-hybridized carbons (Fsp3) is 0.176. The molecule has 24 heavy (non-hydrogen) atoms. The molecule has 3 aromatic rings. The van der Waals surface area contributed by atoms with Crippen molar-refractivity contribution in [3.05, 3.63) is 72.7 Å². The van der Waals surface area contributed by atoms with Crippen LogP contribution in [0.5, 0.6) is 0 Å². The molecule has 0 aliphatic heterocycles. The van der Waals surface area contributed by atoms with Gasteiger partial charge in [-0.2, -0.15) is 0 Å². The Hall–Kier alpha value is -3.22. The predicted molar refractivity (Wildman–Crippen MR) is 92.6 cm³/mol. The minimum Gasteiger partial charge on any atom is -0.352 e. The number of hydrogen-bond donors (Lipinski definition) is 2. The minimum absolute atomic E-state index is 0.623. The van der Waals surface area contributed by atoms with E-state index in [0.717, 1.165) is 23.0 Å². The van der Waals surface area contributed by atoms with Gasteiger partial charge in [0.1, 0.15) is 12.1 Å². The number of aromatic nitrogens is 4. The highest BCUT2D eigenvalue weighted by Crippen LogP contribution is 2.05. The van der Waals surface area contributed by atoms with Gasteiger partial charge in [-0.3, -0.25) is 14.5 Å². The van der Waals surface area contributed by atoms with Crippen molar-refractivity contribution in [2.24, 2.45) is 4.99 Å². The second-order valence-corrected chi connectivity index (χ2v) is 5.09. The lowest BCUT2D eigenvalue weighted by Crippen LogP contribution is -2.36. The standard InChI is InChI=1S/C17H19N7/c1-18-17(23-12-15-4-2-3-7-20-15)22-11-14-5-6-16(21-10-14)24-9-8-19-13-24/h2-10,13H,11-12H2,1H3,(H2,18,22,23). The van der Waals surface area contributed by atoms with Crippen molar-refractivity contribution in [1.29, 1.82) is 0 Å². The Labute approximate surface area is 140 Å². The van der Waals surface area contributed by atoms with E-state index in [2.05, 4.69) is 30.6 Å². The smallest absolute Gasteiger partial charge is 0.191 e. The molecule has 7 nitrogen and oxygen atoms in total. The quantitative estimate of drug-likeness (QED) is 0.550. The van der Waals surface area contributed by atoms with Crippen molar-refractivity contribution in [2.75, 3.05) is 7.05 Å². The molecule has 3 heterocycles. The Morgan fingerprint density at radius 2 is 2.00 bits per heavy atom. The Morgan fingerprint density at radius 1 is 1.08 bits per heavy atom. The zero-order valence-electron chi connectivity index (χ0n) is 13.4. The van der Waals surface area contributed by atoms with Gasteiger partial charge in [-0.25, -0.2) is 9.97 Å². The lowest BCUT2D eigenvalue weighted by Gasteiger charge is -2.11. The Balaban J connectivity index is 1.52. The first-order chi connectivity index (χ1) is 11.8. The normalized spacial score (nSPS) is 11.3. The van der Waals surface area contributed by atoms with Crippen LogP contribution in [0.4, 0.5) is 0 Å². The summed E-state index contributed by atoms with van der Waals surface area (Å²) in [5.41, 5.74) is 2.03.